The molecule has 0 fully saturated rings. The first-order valence-electron chi connectivity index (χ1n) is 3.81. The summed E-state index contributed by atoms with van der Waals surface area (Å²) >= 11 is 5.53. The van der Waals surface area contributed by atoms with Gasteiger partial charge in [0, 0.05) is 18.2 Å². The lowest BCUT2D eigenvalue weighted by Crippen LogP contribution is -2.22. The van der Waals surface area contributed by atoms with Crippen LogP contribution in [0, 0.1) is 5.92 Å². The molecule has 66 valence electrons. The average Bonchev–Trinajstić information content (AvgIpc) is 1.87. The van der Waals surface area contributed by atoms with Gasteiger partial charge in [0.1, 0.15) is 0 Å². The second-order valence-corrected chi connectivity index (χ2v) is 3.30. The van der Waals surface area contributed by atoms with Gasteiger partial charge in [-0.1, -0.05) is 25.1 Å². The van der Waals surface area contributed by atoms with Gasteiger partial charge in [-0.15, -0.1) is 0 Å². The molecular weight excluding hydrogens is 162 g/mol. The molecule has 0 saturated carbocycles. The number of aliphatic hydroxyl groups excluding tert-OH is 1. The lowest BCUT2D eigenvalue weighted by molar-refractivity contribution is 0.261. The van der Waals surface area contributed by atoms with Crippen molar-refractivity contribution in [3.05, 3.63) is 11.6 Å². The lowest BCUT2D eigenvalue weighted by atomic mass is 10.1. The normalized spacial score (nSPS) is 13.0. The largest absolute Gasteiger partial charge is 0.396 e. The van der Waals surface area contributed by atoms with Gasteiger partial charge in [-0.3, -0.25) is 0 Å². The molecule has 0 aromatic rings. The van der Waals surface area contributed by atoms with Crippen LogP contribution in [0.4, 0.5) is 0 Å². The Kier molecular flexibility index (Phi) is 6.62. The lowest BCUT2D eigenvalue weighted by Gasteiger charge is -2.09. The van der Waals surface area contributed by atoms with E-state index in [-0.39, 0.29) is 6.61 Å². The van der Waals surface area contributed by atoms with Gasteiger partial charge in [-0.25, -0.2) is 0 Å². The highest BCUT2D eigenvalue weighted by Crippen LogP contribution is 1.99. The van der Waals surface area contributed by atoms with Crippen LogP contribution in [-0.2, 0) is 0 Å². The van der Waals surface area contributed by atoms with Gasteiger partial charge < -0.3 is 10.4 Å². The van der Waals surface area contributed by atoms with Crippen LogP contribution in [-0.4, -0.2) is 24.8 Å². The van der Waals surface area contributed by atoms with Crippen molar-refractivity contribution in [2.75, 3.05) is 19.7 Å². The third kappa shape index (κ3) is 7.85. The predicted octanol–water partition coefficient (Wildman–Crippen LogP) is 1.35. The Bertz CT molecular complexity index is 117. The van der Waals surface area contributed by atoms with Gasteiger partial charge in [0.25, 0.3) is 0 Å². The van der Waals surface area contributed by atoms with Gasteiger partial charge >= 0.3 is 0 Å². The maximum atomic E-state index is 8.57. The van der Waals surface area contributed by atoms with E-state index in [9.17, 15) is 0 Å². The molecule has 0 heterocycles. The predicted molar refractivity (Wildman–Crippen MR) is 48.7 cm³/mol. The topological polar surface area (TPSA) is 32.3 Å². The summed E-state index contributed by atoms with van der Waals surface area (Å²) in [7, 11) is 0. The van der Waals surface area contributed by atoms with Crippen molar-refractivity contribution in [1.29, 1.82) is 0 Å². The zero-order chi connectivity index (χ0) is 8.69. The molecular formula is C8H16ClNO. The fourth-order valence-corrected chi connectivity index (χ4v) is 0.871. The van der Waals surface area contributed by atoms with Crippen LogP contribution in [0.3, 0.4) is 0 Å². The summed E-state index contributed by atoms with van der Waals surface area (Å²) in [4.78, 5) is 0. The van der Waals surface area contributed by atoms with Crippen LogP contribution < -0.4 is 5.32 Å². The standard InChI is InChI=1S/C8H16ClNO/c1-7(3-4-11)5-10-6-8(2)9/h7,10-11H,2-6H2,1H3. The highest BCUT2D eigenvalue weighted by molar-refractivity contribution is 6.29. The van der Waals surface area contributed by atoms with Crippen LogP contribution >= 0.6 is 11.6 Å². The molecule has 0 aliphatic heterocycles. The monoisotopic (exact) mass is 177 g/mol. The highest BCUT2D eigenvalue weighted by Gasteiger charge is 1.99. The molecule has 0 aromatic heterocycles. The number of nitrogens with one attached hydrogen (secondary N) is 1. The molecule has 0 aliphatic carbocycles. The Hall–Kier alpha value is -0.0500. The van der Waals surface area contributed by atoms with E-state index in [2.05, 4.69) is 18.8 Å². The molecule has 2 N–H and O–H groups in total. The van der Waals surface area contributed by atoms with E-state index in [1.54, 1.807) is 0 Å². The second-order valence-electron chi connectivity index (χ2n) is 2.77. The van der Waals surface area contributed by atoms with E-state index >= 15 is 0 Å². The summed E-state index contributed by atoms with van der Waals surface area (Å²) in [5, 5.41) is 12.3. The molecule has 1 unspecified atom stereocenters. The van der Waals surface area contributed by atoms with Crippen LogP contribution in [0.25, 0.3) is 0 Å². The number of hydrogen-bond acceptors (Lipinski definition) is 2. The van der Waals surface area contributed by atoms with Crippen molar-refractivity contribution in [3.63, 3.8) is 0 Å². The fourth-order valence-electron chi connectivity index (χ4n) is 0.777. The minimum atomic E-state index is 0.255. The number of aliphatic hydroxyl groups is 1. The van der Waals surface area contributed by atoms with Gasteiger partial charge in [0.05, 0.1) is 0 Å². The van der Waals surface area contributed by atoms with Crippen molar-refractivity contribution in [2.45, 2.75) is 13.3 Å². The van der Waals surface area contributed by atoms with E-state index in [0.717, 1.165) is 13.0 Å². The smallest absolute Gasteiger partial charge is 0.0434 e. The van der Waals surface area contributed by atoms with Crippen LogP contribution in [0.5, 0.6) is 0 Å². The second kappa shape index (κ2) is 6.65. The molecule has 0 bridgehead atoms. The molecule has 2 nitrogen and oxygen atoms in total. The Morgan fingerprint density at radius 2 is 2.36 bits per heavy atom. The molecule has 0 aliphatic rings. The van der Waals surface area contributed by atoms with Crippen molar-refractivity contribution >= 4 is 11.6 Å². The first-order chi connectivity index (χ1) is 5.16. The molecule has 3 heteroatoms. The van der Waals surface area contributed by atoms with E-state index in [1.807, 2.05) is 0 Å². The summed E-state index contributed by atoms with van der Waals surface area (Å²) in [6.45, 7) is 7.42. The van der Waals surface area contributed by atoms with Crippen LogP contribution in [0.15, 0.2) is 11.6 Å². The fraction of sp³-hybridized carbons (Fsp3) is 0.750. The number of halogens is 1. The van der Waals surface area contributed by atoms with Crippen molar-refractivity contribution in [3.8, 4) is 0 Å². The first kappa shape index (κ1) is 11.0. The zero-order valence-corrected chi connectivity index (χ0v) is 7.69. The maximum absolute atomic E-state index is 8.57. The summed E-state index contributed by atoms with van der Waals surface area (Å²) in [5.41, 5.74) is 0. The molecule has 0 saturated heterocycles. The summed E-state index contributed by atoms with van der Waals surface area (Å²) in [6.07, 6.45) is 0.835. The molecule has 0 radical (unpaired) electrons. The highest BCUT2D eigenvalue weighted by atomic mass is 35.5. The molecule has 1 atom stereocenters. The molecule has 11 heavy (non-hydrogen) atoms. The Morgan fingerprint density at radius 1 is 1.73 bits per heavy atom. The van der Waals surface area contributed by atoms with Crippen LogP contribution in [0.1, 0.15) is 13.3 Å². The minimum Gasteiger partial charge on any atom is -0.396 e. The van der Waals surface area contributed by atoms with Crippen LogP contribution in [0.2, 0.25) is 0 Å². The Morgan fingerprint density at radius 3 is 2.82 bits per heavy atom. The van der Waals surface area contributed by atoms with Crippen molar-refractivity contribution < 1.29 is 5.11 Å². The van der Waals surface area contributed by atoms with E-state index < -0.39 is 0 Å². The van der Waals surface area contributed by atoms with E-state index in [0.29, 0.717) is 17.5 Å². The van der Waals surface area contributed by atoms with Gasteiger partial charge in [0.2, 0.25) is 0 Å². The first-order valence-corrected chi connectivity index (χ1v) is 4.19. The Balaban J connectivity index is 3.16. The summed E-state index contributed by atoms with van der Waals surface area (Å²) < 4.78 is 0. The van der Waals surface area contributed by atoms with Crippen molar-refractivity contribution in [2.24, 2.45) is 5.92 Å². The van der Waals surface area contributed by atoms with Gasteiger partial charge in [0.15, 0.2) is 0 Å². The van der Waals surface area contributed by atoms with Gasteiger partial charge in [-0.2, -0.15) is 0 Å². The minimum absolute atomic E-state index is 0.255. The summed E-state index contributed by atoms with van der Waals surface area (Å²) in [6, 6.07) is 0. The third-order valence-electron chi connectivity index (χ3n) is 1.43. The van der Waals surface area contributed by atoms with Crippen molar-refractivity contribution in [1.82, 2.24) is 5.32 Å². The molecule has 0 rings (SSSR count). The maximum Gasteiger partial charge on any atom is 0.0434 e. The number of hydrogen-bond donors (Lipinski definition) is 2. The van der Waals surface area contributed by atoms with E-state index in [1.165, 1.54) is 0 Å². The summed E-state index contributed by atoms with van der Waals surface area (Å²) in [5.74, 6) is 0.496. The molecule has 0 amide bonds. The number of rotatable bonds is 6. The van der Waals surface area contributed by atoms with Gasteiger partial charge in [-0.05, 0) is 18.9 Å². The molecule has 0 aromatic carbocycles. The third-order valence-corrected chi connectivity index (χ3v) is 1.57. The Labute approximate surface area is 73.3 Å². The van der Waals surface area contributed by atoms with E-state index in [4.69, 9.17) is 16.7 Å². The quantitative estimate of drug-likeness (QED) is 0.642. The SMILES string of the molecule is C=C(Cl)CNCC(C)CCO. The zero-order valence-electron chi connectivity index (χ0n) is 6.94. The molecule has 0 spiro atoms. The average molecular weight is 178 g/mol.